The van der Waals surface area contributed by atoms with Crippen LogP contribution in [-0.2, 0) is 25.6 Å². The van der Waals surface area contributed by atoms with E-state index in [2.05, 4.69) is 10.2 Å². The maximum Gasteiger partial charge on any atom is 0.416 e. The van der Waals surface area contributed by atoms with Gasteiger partial charge in [0.2, 0.25) is 0 Å². The Morgan fingerprint density at radius 1 is 1.07 bits per heavy atom. The predicted molar refractivity (Wildman–Crippen MR) is 92.7 cm³/mol. The standard InChI is InChI=1S/C18H15F4N3OS/c1-25-16(10-26-14-7-4-6-13(9-14)18(20,21)22)23-24-17(25)27-11-12-5-2-3-8-15(12)19/h2-9H,10-11H2,1H3. The fourth-order valence-corrected chi connectivity index (χ4v) is 3.18. The zero-order valence-electron chi connectivity index (χ0n) is 14.2. The molecule has 0 saturated heterocycles. The molecule has 2 aromatic carbocycles. The second kappa shape index (κ2) is 7.99. The molecule has 27 heavy (non-hydrogen) atoms. The van der Waals surface area contributed by atoms with Gasteiger partial charge in [-0.1, -0.05) is 36.0 Å². The average molecular weight is 397 g/mol. The van der Waals surface area contributed by atoms with Gasteiger partial charge in [-0.3, -0.25) is 0 Å². The molecule has 1 aromatic heterocycles. The maximum atomic E-state index is 13.7. The number of hydrogen-bond acceptors (Lipinski definition) is 4. The molecule has 0 saturated carbocycles. The summed E-state index contributed by atoms with van der Waals surface area (Å²) in [5, 5.41) is 8.57. The van der Waals surface area contributed by atoms with Crippen molar-refractivity contribution in [3.05, 3.63) is 71.3 Å². The van der Waals surface area contributed by atoms with Crippen LogP contribution in [0.5, 0.6) is 5.75 Å². The first kappa shape index (κ1) is 19.2. The second-order valence-corrected chi connectivity index (χ2v) is 6.59. The van der Waals surface area contributed by atoms with Crippen LogP contribution in [-0.4, -0.2) is 14.8 Å². The highest BCUT2D eigenvalue weighted by Crippen LogP contribution is 2.31. The van der Waals surface area contributed by atoms with Crippen LogP contribution in [0.4, 0.5) is 17.6 Å². The first-order chi connectivity index (χ1) is 12.8. The Balaban J connectivity index is 1.63. The molecule has 0 fully saturated rings. The van der Waals surface area contributed by atoms with Crippen molar-refractivity contribution in [2.75, 3.05) is 0 Å². The lowest BCUT2D eigenvalue weighted by atomic mass is 10.2. The quantitative estimate of drug-likeness (QED) is 0.441. The number of benzene rings is 2. The Bertz CT molecular complexity index is 927. The minimum Gasteiger partial charge on any atom is -0.486 e. The SMILES string of the molecule is Cn1c(COc2cccc(C(F)(F)F)c2)nnc1SCc1ccccc1F. The third-order valence-electron chi connectivity index (χ3n) is 3.77. The van der Waals surface area contributed by atoms with Gasteiger partial charge >= 0.3 is 6.18 Å². The summed E-state index contributed by atoms with van der Waals surface area (Å²) >= 11 is 1.31. The topological polar surface area (TPSA) is 39.9 Å². The molecule has 3 rings (SSSR count). The van der Waals surface area contributed by atoms with Crippen molar-refractivity contribution in [3.8, 4) is 5.75 Å². The summed E-state index contributed by atoms with van der Waals surface area (Å²) in [5.74, 6) is 0.629. The van der Waals surface area contributed by atoms with Crippen LogP contribution < -0.4 is 4.74 Å². The molecule has 0 bridgehead atoms. The van der Waals surface area contributed by atoms with Crippen LogP contribution in [0, 0.1) is 5.82 Å². The van der Waals surface area contributed by atoms with E-state index in [-0.39, 0.29) is 18.2 Å². The largest absolute Gasteiger partial charge is 0.486 e. The molecule has 0 aliphatic heterocycles. The number of nitrogens with zero attached hydrogens (tertiary/aromatic N) is 3. The van der Waals surface area contributed by atoms with E-state index in [4.69, 9.17) is 4.74 Å². The molecule has 0 aliphatic rings. The molecule has 0 spiro atoms. The van der Waals surface area contributed by atoms with Crippen molar-refractivity contribution < 1.29 is 22.3 Å². The molecule has 142 valence electrons. The number of thioether (sulfide) groups is 1. The van der Waals surface area contributed by atoms with Gasteiger partial charge in [0.15, 0.2) is 11.0 Å². The predicted octanol–water partition coefficient (Wildman–Crippen LogP) is 4.84. The minimum absolute atomic E-state index is 0.0366. The fourth-order valence-electron chi connectivity index (χ4n) is 2.26. The molecular weight excluding hydrogens is 382 g/mol. The molecule has 3 aromatic rings. The fraction of sp³-hybridized carbons (Fsp3) is 0.222. The highest BCUT2D eigenvalue weighted by molar-refractivity contribution is 7.98. The van der Waals surface area contributed by atoms with Crippen molar-refractivity contribution in [2.45, 2.75) is 23.7 Å². The summed E-state index contributed by atoms with van der Waals surface area (Å²) in [6, 6.07) is 11.1. The lowest BCUT2D eigenvalue weighted by molar-refractivity contribution is -0.137. The molecule has 0 radical (unpaired) electrons. The van der Waals surface area contributed by atoms with Crippen LogP contribution in [0.25, 0.3) is 0 Å². The van der Waals surface area contributed by atoms with Crippen molar-refractivity contribution >= 4 is 11.8 Å². The van der Waals surface area contributed by atoms with Gasteiger partial charge in [0, 0.05) is 12.8 Å². The van der Waals surface area contributed by atoms with E-state index in [0.29, 0.717) is 22.3 Å². The molecule has 4 nitrogen and oxygen atoms in total. The van der Waals surface area contributed by atoms with Gasteiger partial charge in [-0.2, -0.15) is 13.2 Å². The molecule has 0 unspecified atom stereocenters. The van der Waals surface area contributed by atoms with E-state index in [9.17, 15) is 17.6 Å². The van der Waals surface area contributed by atoms with E-state index in [1.165, 1.54) is 30.0 Å². The summed E-state index contributed by atoms with van der Waals surface area (Å²) in [6.45, 7) is -0.0366. The van der Waals surface area contributed by atoms with Crippen molar-refractivity contribution in [2.24, 2.45) is 7.05 Å². The Kier molecular flexibility index (Phi) is 5.69. The van der Waals surface area contributed by atoms with Gasteiger partial charge in [0.05, 0.1) is 5.56 Å². The highest BCUT2D eigenvalue weighted by Gasteiger charge is 2.30. The number of rotatable bonds is 6. The van der Waals surface area contributed by atoms with Crippen molar-refractivity contribution in [1.29, 1.82) is 0 Å². The highest BCUT2D eigenvalue weighted by atomic mass is 32.2. The molecule has 0 aliphatic carbocycles. The van der Waals surface area contributed by atoms with Gasteiger partial charge in [-0.25, -0.2) is 4.39 Å². The lowest BCUT2D eigenvalue weighted by Crippen LogP contribution is -2.07. The first-order valence-electron chi connectivity index (χ1n) is 7.89. The Morgan fingerprint density at radius 2 is 1.85 bits per heavy atom. The number of ether oxygens (including phenoxy) is 1. The average Bonchev–Trinajstić information content (AvgIpc) is 2.99. The normalized spacial score (nSPS) is 11.6. The van der Waals surface area contributed by atoms with Crippen molar-refractivity contribution in [1.82, 2.24) is 14.8 Å². The number of hydrogen-bond donors (Lipinski definition) is 0. The van der Waals surface area contributed by atoms with Crippen LogP contribution in [0.2, 0.25) is 0 Å². The summed E-state index contributed by atoms with van der Waals surface area (Å²) in [7, 11) is 1.72. The summed E-state index contributed by atoms with van der Waals surface area (Å²) in [5.41, 5.74) is -0.230. The maximum absolute atomic E-state index is 13.7. The Morgan fingerprint density at radius 3 is 2.59 bits per heavy atom. The molecule has 9 heteroatoms. The minimum atomic E-state index is -4.43. The lowest BCUT2D eigenvalue weighted by Gasteiger charge is -2.10. The molecule has 0 atom stereocenters. The van der Waals surface area contributed by atoms with Gasteiger partial charge in [-0.05, 0) is 29.8 Å². The molecular formula is C18H15F4N3OS. The van der Waals surface area contributed by atoms with Crippen LogP contribution in [0.15, 0.2) is 53.7 Å². The molecule has 0 amide bonds. The van der Waals surface area contributed by atoms with Crippen LogP contribution in [0.3, 0.4) is 0 Å². The van der Waals surface area contributed by atoms with Crippen molar-refractivity contribution in [3.63, 3.8) is 0 Å². The van der Waals surface area contributed by atoms with Crippen LogP contribution >= 0.6 is 11.8 Å². The smallest absolute Gasteiger partial charge is 0.416 e. The number of aromatic nitrogens is 3. The monoisotopic (exact) mass is 397 g/mol. The van der Waals surface area contributed by atoms with E-state index >= 15 is 0 Å². The van der Waals surface area contributed by atoms with E-state index in [0.717, 1.165) is 12.1 Å². The van der Waals surface area contributed by atoms with Gasteiger partial charge in [0.1, 0.15) is 18.2 Å². The van der Waals surface area contributed by atoms with Crippen LogP contribution in [0.1, 0.15) is 17.0 Å². The van der Waals surface area contributed by atoms with E-state index in [1.807, 2.05) is 0 Å². The zero-order valence-corrected chi connectivity index (χ0v) is 15.0. The first-order valence-corrected chi connectivity index (χ1v) is 8.87. The molecule has 1 heterocycles. The van der Waals surface area contributed by atoms with E-state index in [1.54, 1.807) is 29.8 Å². The summed E-state index contributed by atoms with van der Waals surface area (Å²) in [6.07, 6.45) is -4.43. The third kappa shape index (κ3) is 4.79. The van der Waals surface area contributed by atoms with Gasteiger partial charge in [-0.15, -0.1) is 10.2 Å². The Hall–Kier alpha value is -2.55. The Labute approximate surface area is 157 Å². The van der Waals surface area contributed by atoms with Gasteiger partial charge in [0.25, 0.3) is 0 Å². The second-order valence-electron chi connectivity index (χ2n) is 5.65. The number of halogens is 4. The summed E-state index contributed by atoms with van der Waals surface area (Å²) in [4.78, 5) is 0. The van der Waals surface area contributed by atoms with Gasteiger partial charge < -0.3 is 9.30 Å². The van der Waals surface area contributed by atoms with E-state index < -0.39 is 11.7 Å². The zero-order chi connectivity index (χ0) is 19.4. The third-order valence-corrected chi connectivity index (χ3v) is 4.84. The number of alkyl halides is 3. The molecule has 0 N–H and O–H groups in total. The summed E-state index contributed by atoms with van der Waals surface area (Å²) < 4.78 is 59.0.